The molecule has 1 rings (SSSR count). The first-order valence-corrected chi connectivity index (χ1v) is 6.63. The summed E-state index contributed by atoms with van der Waals surface area (Å²) in [5, 5.41) is 2.66. The van der Waals surface area contributed by atoms with Gasteiger partial charge in [0, 0.05) is 22.5 Å². The number of nitrogens with one attached hydrogen (secondary N) is 3. The minimum Gasteiger partial charge on any atom is -0.325 e. The van der Waals surface area contributed by atoms with Crippen molar-refractivity contribution in [2.24, 2.45) is 0 Å². The standard InChI is InChI=1S/C13H18BrN3O2/c1-8(18)15-11-6-5-9(7-10(11)14)12(19)16-17-13(2,3)4/h5-7,17H,1-4H3,(H,15,18)(H,16,19). The van der Waals surface area contributed by atoms with E-state index in [1.165, 1.54) is 6.92 Å². The molecule has 19 heavy (non-hydrogen) atoms. The largest absolute Gasteiger partial charge is 0.325 e. The van der Waals surface area contributed by atoms with Gasteiger partial charge in [-0.3, -0.25) is 15.0 Å². The Morgan fingerprint density at radius 1 is 1.21 bits per heavy atom. The van der Waals surface area contributed by atoms with Crippen LogP contribution in [0.3, 0.4) is 0 Å². The van der Waals surface area contributed by atoms with Crippen molar-refractivity contribution in [2.45, 2.75) is 33.2 Å². The van der Waals surface area contributed by atoms with E-state index in [-0.39, 0.29) is 17.4 Å². The lowest BCUT2D eigenvalue weighted by Gasteiger charge is -2.21. The van der Waals surface area contributed by atoms with Gasteiger partial charge in [-0.05, 0) is 54.9 Å². The normalized spacial score (nSPS) is 11.0. The molecule has 6 heteroatoms. The van der Waals surface area contributed by atoms with Gasteiger partial charge < -0.3 is 5.32 Å². The van der Waals surface area contributed by atoms with Crippen LogP contribution in [-0.4, -0.2) is 17.4 Å². The molecule has 0 aliphatic rings. The molecule has 1 aromatic carbocycles. The molecule has 0 unspecified atom stereocenters. The monoisotopic (exact) mass is 327 g/mol. The topological polar surface area (TPSA) is 70.2 Å². The Hall–Kier alpha value is -1.40. The van der Waals surface area contributed by atoms with Crippen molar-refractivity contribution >= 4 is 33.4 Å². The molecule has 0 radical (unpaired) electrons. The van der Waals surface area contributed by atoms with Gasteiger partial charge in [-0.25, -0.2) is 5.43 Å². The molecular weight excluding hydrogens is 310 g/mol. The predicted octanol–water partition coefficient (Wildman–Crippen LogP) is 2.44. The van der Waals surface area contributed by atoms with Crippen LogP contribution >= 0.6 is 15.9 Å². The zero-order valence-electron chi connectivity index (χ0n) is 11.4. The highest BCUT2D eigenvalue weighted by Crippen LogP contribution is 2.23. The molecule has 0 heterocycles. The maximum absolute atomic E-state index is 11.9. The lowest BCUT2D eigenvalue weighted by molar-refractivity contribution is -0.114. The minimum atomic E-state index is -0.231. The third-order valence-electron chi connectivity index (χ3n) is 2.09. The highest BCUT2D eigenvalue weighted by Gasteiger charge is 2.13. The highest BCUT2D eigenvalue weighted by atomic mass is 79.9. The van der Waals surface area contributed by atoms with E-state index in [1.54, 1.807) is 18.2 Å². The molecule has 0 fully saturated rings. The molecule has 5 nitrogen and oxygen atoms in total. The van der Waals surface area contributed by atoms with Crippen molar-refractivity contribution in [3.05, 3.63) is 28.2 Å². The maximum atomic E-state index is 11.9. The second-order valence-corrected chi connectivity index (χ2v) is 6.06. The molecule has 2 amide bonds. The Bertz CT molecular complexity index is 495. The average molecular weight is 328 g/mol. The molecule has 0 bridgehead atoms. The van der Waals surface area contributed by atoms with Crippen LogP contribution in [0.4, 0.5) is 5.69 Å². The number of carbonyl (C=O) groups is 2. The fraction of sp³-hybridized carbons (Fsp3) is 0.385. The summed E-state index contributed by atoms with van der Waals surface area (Å²) >= 11 is 3.32. The zero-order valence-corrected chi connectivity index (χ0v) is 13.0. The van der Waals surface area contributed by atoms with Crippen LogP contribution in [0, 0.1) is 0 Å². The summed E-state index contributed by atoms with van der Waals surface area (Å²) < 4.78 is 0.658. The predicted molar refractivity (Wildman–Crippen MR) is 78.8 cm³/mol. The molecule has 0 saturated heterocycles. The number of anilines is 1. The molecule has 0 aliphatic heterocycles. The third kappa shape index (κ3) is 5.40. The second kappa shape index (κ2) is 6.16. The number of hydrogen-bond donors (Lipinski definition) is 3. The number of hydrogen-bond acceptors (Lipinski definition) is 3. The van der Waals surface area contributed by atoms with Crippen molar-refractivity contribution in [1.29, 1.82) is 0 Å². The highest BCUT2D eigenvalue weighted by molar-refractivity contribution is 9.10. The van der Waals surface area contributed by atoms with Gasteiger partial charge in [0.25, 0.3) is 5.91 Å². The molecule has 0 aromatic heterocycles. The van der Waals surface area contributed by atoms with Gasteiger partial charge in [-0.1, -0.05) is 0 Å². The average Bonchev–Trinajstić information content (AvgIpc) is 2.27. The summed E-state index contributed by atoms with van der Waals surface area (Å²) in [6.45, 7) is 7.27. The van der Waals surface area contributed by atoms with Crippen LogP contribution in [0.1, 0.15) is 38.1 Å². The Morgan fingerprint density at radius 3 is 2.32 bits per heavy atom. The summed E-state index contributed by atoms with van der Waals surface area (Å²) in [5.74, 6) is -0.391. The van der Waals surface area contributed by atoms with Gasteiger partial charge in [0.05, 0.1) is 5.69 Å². The van der Waals surface area contributed by atoms with Crippen molar-refractivity contribution in [1.82, 2.24) is 10.9 Å². The van der Waals surface area contributed by atoms with Crippen molar-refractivity contribution in [3.63, 3.8) is 0 Å². The van der Waals surface area contributed by atoms with E-state index < -0.39 is 0 Å². The molecule has 0 saturated carbocycles. The first-order valence-electron chi connectivity index (χ1n) is 5.84. The SMILES string of the molecule is CC(=O)Nc1ccc(C(=O)NNC(C)(C)C)cc1Br. The lowest BCUT2D eigenvalue weighted by Crippen LogP contribution is -2.48. The fourth-order valence-corrected chi connectivity index (χ4v) is 1.74. The number of benzene rings is 1. The molecule has 104 valence electrons. The summed E-state index contributed by atoms with van der Waals surface area (Å²) in [6.07, 6.45) is 0. The van der Waals surface area contributed by atoms with Crippen molar-refractivity contribution < 1.29 is 9.59 Å². The number of rotatable bonds is 3. The smallest absolute Gasteiger partial charge is 0.265 e. The molecule has 3 N–H and O–H groups in total. The summed E-state index contributed by atoms with van der Waals surface area (Å²) in [6, 6.07) is 4.98. The van der Waals surface area contributed by atoms with Gasteiger partial charge in [-0.2, -0.15) is 0 Å². The van der Waals surface area contributed by atoms with Gasteiger partial charge in [0.2, 0.25) is 5.91 Å². The van der Waals surface area contributed by atoms with Crippen molar-refractivity contribution in [2.75, 3.05) is 5.32 Å². The van der Waals surface area contributed by atoms with E-state index in [0.717, 1.165) is 0 Å². The van der Waals surface area contributed by atoms with E-state index in [4.69, 9.17) is 0 Å². The molecule has 0 atom stereocenters. The molecule has 0 aliphatic carbocycles. The van der Waals surface area contributed by atoms with Crippen LogP contribution in [0.25, 0.3) is 0 Å². The van der Waals surface area contributed by atoms with E-state index in [1.807, 2.05) is 20.8 Å². The summed E-state index contributed by atoms with van der Waals surface area (Å²) in [7, 11) is 0. The Kier molecular flexibility index (Phi) is 5.08. The number of amides is 2. The second-order valence-electron chi connectivity index (χ2n) is 5.20. The Labute approximate surface area is 121 Å². The maximum Gasteiger partial charge on any atom is 0.265 e. The Morgan fingerprint density at radius 2 is 1.84 bits per heavy atom. The minimum absolute atomic E-state index is 0.160. The fourth-order valence-electron chi connectivity index (χ4n) is 1.26. The van der Waals surface area contributed by atoms with E-state index in [0.29, 0.717) is 15.7 Å². The van der Waals surface area contributed by atoms with Gasteiger partial charge >= 0.3 is 0 Å². The van der Waals surface area contributed by atoms with E-state index in [2.05, 4.69) is 32.1 Å². The lowest BCUT2D eigenvalue weighted by atomic mass is 10.1. The zero-order chi connectivity index (χ0) is 14.6. The van der Waals surface area contributed by atoms with E-state index in [9.17, 15) is 9.59 Å². The van der Waals surface area contributed by atoms with Crippen LogP contribution in [0.5, 0.6) is 0 Å². The molecule has 0 spiro atoms. The van der Waals surface area contributed by atoms with Crippen molar-refractivity contribution in [3.8, 4) is 0 Å². The van der Waals surface area contributed by atoms with Gasteiger partial charge in [0.15, 0.2) is 0 Å². The van der Waals surface area contributed by atoms with Crippen LogP contribution < -0.4 is 16.2 Å². The van der Waals surface area contributed by atoms with Gasteiger partial charge in [0.1, 0.15) is 0 Å². The van der Waals surface area contributed by atoms with Gasteiger partial charge in [-0.15, -0.1) is 0 Å². The first kappa shape index (κ1) is 15.7. The molecular formula is C13H18BrN3O2. The van der Waals surface area contributed by atoms with Crippen LogP contribution in [0.15, 0.2) is 22.7 Å². The van der Waals surface area contributed by atoms with E-state index >= 15 is 0 Å². The quantitative estimate of drug-likeness (QED) is 0.747. The van der Waals surface area contributed by atoms with Crippen LogP contribution in [-0.2, 0) is 4.79 Å². The Balaban J connectivity index is 2.77. The number of halogens is 1. The molecule has 1 aromatic rings. The third-order valence-corrected chi connectivity index (χ3v) is 2.75. The number of hydrazine groups is 1. The number of carbonyl (C=O) groups excluding carboxylic acids is 2. The summed E-state index contributed by atoms with van der Waals surface area (Å²) in [5.41, 5.74) is 6.46. The first-order chi connectivity index (χ1) is 8.69. The van der Waals surface area contributed by atoms with Crippen LogP contribution in [0.2, 0.25) is 0 Å². The summed E-state index contributed by atoms with van der Waals surface area (Å²) in [4.78, 5) is 22.9.